The van der Waals surface area contributed by atoms with E-state index in [0.29, 0.717) is 28.8 Å². The molecule has 134 valence electrons. The molecule has 0 saturated carbocycles. The number of rotatable bonds is 3. The molecule has 4 nitrogen and oxygen atoms in total. The van der Waals surface area contributed by atoms with E-state index in [0.717, 1.165) is 28.7 Å². The van der Waals surface area contributed by atoms with E-state index in [1.807, 2.05) is 31.2 Å². The first-order valence-electron chi connectivity index (χ1n) is 8.92. The summed E-state index contributed by atoms with van der Waals surface area (Å²) in [6, 6.07) is 10.9. The first-order valence-corrected chi connectivity index (χ1v) is 9.71. The van der Waals surface area contributed by atoms with Gasteiger partial charge in [0.2, 0.25) is 5.43 Å². The lowest BCUT2D eigenvalue weighted by molar-refractivity contribution is -0.901. The van der Waals surface area contributed by atoms with Crippen molar-refractivity contribution in [2.75, 3.05) is 13.1 Å². The number of hydrogen-bond donors (Lipinski definition) is 2. The second-order valence-electron chi connectivity index (χ2n) is 6.94. The Morgan fingerprint density at radius 2 is 1.81 bits per heavy atom. The number of hydrogen-bond acceptors (Lipinski definition) is 3. The first-order chi connectivity index (χ1) is 12.5. The van der Waals surface area contributed by atoms with Crippen molar-refractivity contribution in [3.05, 3.63) is 62.4 Å². The molecule has 0 unspecified atom stereocenters. The lowest BCUT2D eigenvalue weighted by atomic mass is 10.0. The lowest BCUT2D eigenvalue weighted by Crippen LogP contribution is -3.08. The van der Waals surface area contributed by atoms with E-state index in [9.17, 15) is 9.90 Å². The van der Waals surface area contributed by atoms with Gasteiger partial charge >= 0.3 is 0 Å². The summed E-state index contributed by atoms with van der Waals surface area (Å²) in [5.74, 6) is 0.781. The molecule has 2 N–H and O–H groups in total. The number of phenolic OH excluding ortho intramolecular Hbond substituents is 1. The van der Waals surface area contributed by atoms with Gasteiger partial charge in [0.05, 0.1) is 29.6 Å². The predicted octanol–water partition coefficient (Wildman–Crippen LogP) is 3.42. The maximum Gasteiger partial charge on any atom is 0.200 e. The topological polar surface area (TPSA) is 54.9 Å². The fraction of sp³-hybridized carbons (Fsp3) is 0.286. The van der Waals surface area contributed by atoms with Crippen molar-refractivity contribution in [2.24, 2.45) is 0 Å². The van der Waals surface area contributed by atoms with Gasteiger partial charge in [-0.1, -0.05) is 28.1 Å². The van der Waals surface area contributed by atoms with Crippen LogP contribution in [0.1, 0.15) is 24.2 Å². The number of nitrogens with one attached hydrogen (secondary N) is 1. The van der Waals surface area contributed by atoms with Crippen LogP contribution in [0.2, 0.25) is 0 Å². The minimum atomic E-state index is -0.0521. The highest BCUT2D eigenvalue weighted by molar-refractivity contribution is 9.10. The fourth-order valence-electron chi connectivity index (χ4n) is 3.84. The van der Waals surface area contributed by atoms with E-state index in [-0.39, 0.29) is 11.2 Å². The molecule has 1 aromatic heterocycles. The largest absolute Gasteiger partial charge is 0.507 e. The van der Waals surface area contributed by atoms with Gasteiger partial charge in [0.25, 0.3) is 0 Å². The molecule has 5 heteroatoms. The Bertz CT molecular complexity index is 1020. The molecule has 1 fully saturated rings. The van der Waals surface area contributed by atoms with Crippen LogP contribution < -0.4 is 10.3 Å². The van der Waals surface area contributed by atoms with Crippen molar-refractivity contribution in [1.82, 2.24) is 0 Å². The zero-order valence-electron chi connectivity index (χ0n) is 14.6. The van der Waals surface area contributed by atoms with E-state index in [1.54, 1.807) is 12.1 Å². The van der Waals surface area contributed by atoms with Crippen LogP contribution in [0.25, 0.3) is 22.1 Å². The van der Waals surface area contributed by atoms with E-state index in [1.165, 1.54) is 17.7 Å². The van der Waals surface area contributed by atoms with Crippen molar-refractivity contribution >= 4 is 26.9 Å². The van der Waals surface area contributed by atoms with Crippen LogP contribution in [0.3, 0.4) is 0 Å². The van der Waals surface area contributed by atoms with Crippen molar-refractivity contribution < 1.29 is 14.4 Å². The van der Waals surface area contributed by atoms with Crippen molar-refractivity contribution in [3.63, 3.8) is 0 Å². The number of fused-ring (bicyclic) bond motifs is 1. The fourth-order valence-corrected chi connectivity index (χ4v) is 4.10. The average Bonchev–Trinajstić information content (AvgIpc) is 3.12. The molecule has 0 spiro atoms. The SMILES string of the molecule is Cc1oc2c(C[NH+]3CCCC3)c(O)ccc2c(=O)c1-c1ccc(Br)cc1. The number of aryl methyl sites for hydroxylation is 1. The van der Waals surface area contributed by atoms with Crippen molar-refractivity contribution in [2.45, 2.75) is 26.3 Å². The van der Waals surface area contributed by atoms with Crippen LogP contribution in [0, 0.1) is 6.92 Å². The minimum Gasteiger partial charge on any atom is -0.507 e. The Labute approximate surface area is 160 Å². The van der Waals surface area contributed by atoms with Crippen molar-refractivity contribution in [1.29, 1.82) is 0 Å². The van der Waals surface area contributed by atoms with Crippen molar-refractivity contribution in [3.8, 4) is 16.9 Å². The third kappa shape index (κ3) is 3.06. The molecule has 0 amide bonds. The summed E-state index contributed by atoms with van der Waals surface area (Å²) in [7, 11) is 0. The summed E-state index contributed by atoms with van der Waals surface area (Å²) in [6.07, 6.45) is 2.41. The number of aromatic hydroxyl groups is 1. The molecular formula is C21H21BrNO3+. The van der Waals surface area contributed by atoms with E-state index in [2.05, 4.69) is 15.9 Å². The Kier molecular flexibility index (Phi) is 4.59. The molecule has 0 atom stereocenters. The standard InChI is InChI=1S/C21H20BrNO3/c1-13-19(14-4-6-15(22)7-5-14)20(25)16-8-9-18(24)17(21(16)26-13)12-23-10-2-3-11-23/h4-9,24H,2-3,10-12H2,1H3/p+1. The number of likely N-dealkylation sites (tertiary alicyclic amines) is 1. The molecular weight excluding hydrogens is 394 g/mol. The summed E-state index contributed by atoms with van der Waals surface area (Å²) in [5, 5.41) is 10.9. The van der Waals surface area contributed by atoms with E-state index >= 15 is 0 Å². The zero-order valence-corrected chi connectivity index (χ0v) is 16.2. The third-order valence-corrected chi connectivity index (χ3v) is 5.71. The Hall–Kier alpha value is -2.11. The normalized spacial score (nSPS) is 15.0. The highest BCUT2D eigenvalue weighted by atomic mass is 79.9. The number of quaternary nitrogens is 1. The quantitative estimate of drug-likeness (QED) is 0.690. The molecule has 1 saturated heterocycles. The van der Waals surface area contributed by atoms with Crippen LogP contribution >= 0.6 is 15.9 Å². The molecule has 2 heterocycles. The predicted molar refractivity (Wildman–Crippen MR) is 106 cm³/mol. The number of phenols is 1. The van der Waals surface area contributed by atoms with Gasteiger partial charge < -0.3 is 14.4 Å². The summed E-state index contributed by atoms with van der Waals surface area (Å²) < 4.78 is 7.06. The summed E-state index contributed by atoms with van der Waals surface area (Å²) in [6.45, 7) is 4.68. The maximum atomic E-state index is 13.2. The smallest absolute Gasteiger partial charge is 0.200 e. The molecule has 0 radical (unpaired) electrons. The molecule has 0 bridgehead atoms. The van der Waals surface area contributed by atoms with Crippen LogP contribution in [-0.4, -0.2) is 18.2 Å². The number of benzene rings is 2. The first kappa shape index (κ1) is 17.3. The van der Waals surface area contributed by atoms with Crippen LogP contribution in [0.5, 0.6) is 5.75 Å². The summed E-state index contributed by atoms with van der Waals surface area (Å²) in [5.41, 5.74) is 2.62. The molecule has 4 rings (SSSR count). The summed E-state index contributed by atoms with van der Waals surface area (Å²) >= 11 is 3.42. The highest BCUT2D eigenvalue weighted by Gasteiger charge is 2.23. The van der Waals surface area contributed by atoms with Crippen LogP contribution in [0.15, 0.2) is 50.1 Å². The Balaban J connectivity index is 1.89. The molecule has 1 aliphatic rings. The van der Waals surface area contributed by atoms with Gasteiger partial charge in [-0.15, -0.1) is 0 Å². The van der Waals surface area contributed by atoms with Crippen LogP contribution in [-0.2, 0) is 6.54 Å². The van der Waals surface area contributed by atoms with Gasteiger partial charge in [-0.05, 0) is 36.8 Å². The van der Waals surface area contributed by atoms with Gasteiger partial charge in [0, 0.05) is 17.3 Å². The van der Waals surface area contributed by atoms with Gasteiger partial charge in [-0.2, -0.15) is 0 Å². The average molecular weight is 415 g/mol. The Morgan fingerprint density at radius 3 is 2.50 bits per heavy atom. The van der Waals surface area contributed by atoms with Gasteiger partial charge in [-0.3, -0.25) is 4.79 Å². The van der Waals surface area contributed by atoms with Gasteiger partial charge in [0.1, 0.15) is 18.1 Å². The zero-order chi connectivity index (χ0) is 18.3. The second-order valence-corrected chi connectivity index (χ2v) is 7.86. The Morgan fingerprint density at radius 1 is 1.12 bits per heavy atom. The molecule has 0 aliphatic carbocycles. The van der Waals surface area contributed by atoms with E-state index in [4.69, 9.17) is 4.42 Å². The molecule has 26 heavy (non-hydrogen) atoms. The third-order valence-electron chi connectivity index (χ3n) is 5.19. The molecule has 3 aromatic rings. The van der Waals surface area contributed by atoms with Gasteiger partial charge in [0.15, 0.2) is 5.58 Å². The monoisotopic (exact) mass is 414 g/mol. The summed E-state index contributed by atoms with van der Waals surface area (Å²) in [4.78, 5) is 14.6. The molecule has 1 aliphatic heterocycles. The minimum absolute atomic E-state index is 0.0521. The van der Waals surface area contributed by atoms with E-state index < -0.39 is 0 Å². The van der Waals surface area contributed by atoms with Crippen LogP contribution in [0.4, 0.5) is 0 Å². The molecule has 2 aromatic carbocycles. The number of halogens is 1. The highest BCUT2D eigenvalue weighted by Crippen LogP contribution is 2.30. The maximum absolute atomic E-state index is 13.2. The lowest BCUT2D eigenvalue weighted by Gasteiger charge is -2.15. The van der Waals surface area contributed by atoms with Gasteiger partial charge in [-0.25, -0.2) is 0 Å². The second kappa shape index (κ2) is 6.89.